The van der Waals surface area contributed by atoms with Crippen LogP contribution in [0, 0.1) is 5.92 Å². The van der Waals surface area contributed by atoms with E-state index in [4.69, 9.17) is 0 Å². The van der Waals surface area contributed by atoms with E-state index >= 15 is 0 Å². The zero-order valence-corrected chi connectivity index (χ0v) is 12.6. The van der Waals surface area contributed by atoms with E-state index in [9.17, 15) is 0 Å². The first-order chi connectivity index (χ1) is 9.35. The fraction of sp³-hybridized carbons (Fsp3) is 0.667. The normalized spacial score (nSPS) is 20.0. The highest BCUT2D eigenvalue weighted by Crippen LogP contribution is 2.29. The third-order valence-corrected chi connectivity index (χ3v) is 4.54. The van der Waals surface area contributed by atoms with Gasteiger partial charge in [0, 0.05) is 6.04 Å². The zero-order chi connectivity index (χ0) is 13.5. The Kier molecular flexibility index (Phi) is 5.91. The van der Waals surface area contributed by atoms with Gasteiger partial charge in [0.2, 0.25) is 0 Å². The van der Waals surface area contributed by atoms with Gasteiger partial charge in [-0.15, -0.1) is 0 Å². The van der Waals surface area contributed by atoms with Crippen LogP contribution in [0.4, 0.5) is 0 Å². The Morgan fingerprint density at radius 1 is 1.16 bits per heavy atom. The van der Waals surface area contributed by atoms with Crippen LogP contribution >= 0.6 is 0 Å². The van der Waals surface area contributed by atoms with Crippen molar-refractivity contribution in [2.45, 2.75) is 64.8 Å². The highest BCUT2D eigenvalue weighted by atomic mass is 14.9. The van der Waals surface area contributed by atoms with Crippen molar-refractivity contribution in [3.63, 3.8) is 0 Å². The molecule has 0 aliphatic heterocycles. The number of aryl methyl sites for hydroxylation is 1. The molecule has 1 aliphatic carbocycles. The first-order valence-electron chi connectivity index (χ1n) is 8.15. The molecule has 2 rings (SSSR count). The monoisotopic (exact) mass is 259 g/mol. The van der Waals surface area contributed by atoms with Crippen molar-refractivity contribution in [1.82, 2.24) is 5.32 Å². The molecule has 19 heavy (non-hydrogen) atoms. The summed E-state index contributed by atoms with van der Waals surface area (Å²) in [5, 5.41) is 3.74. The van der Waals surface area contributed by atoms with E-state index in [1.54, 1.807) is 11.1 Å². The first-order valence-corrected chi connectivity index (χ1v) is 8.15. The Balaban J connectivity index is 1.95. The minimum absolute atomic E-state index is 0.727. The summed E-state index contributed by atoms with van der Waals surface area (Å²) in [5.41, 5.74) is 3.18. The third-order valence-electron chi connectivity index (χ3n) is 4.54. The average Bonchev–Trinajstić information content (AvgIpc) is 2.46. The summed E-state index contributed by atoms with van der Waals surface area (Å²) >= 11 is 0. The van der Waals surface area contributed by atoms with E-state index in [2.05, 4.69) is 43.4 Å². The molecule has 1 nitrogen and oxygen atoms in total. The van der Waals surface area contributed by atoms with Crippen molar-refractivity contribution in [2.75, 3.05) is 6.54 Å². The summed E-state index contributed by atoms with van der Waals surface area (Å²) < 4.78 is 0. The molecule has 0 spiro atoms. The molecule has 0 amide bonds. The minimum Gasteiger partial charge on any atom is -0.314 e. The second-order valence-electron chi connectivity index (χ2n) is 5.93. The smallest absolute Gasteiger partial charge is 0.00985 e. The molecule has 0 radical (unpaired) electrons. The minimum atomic E-state index is 0.727. The van der Waals surface area contributed by atoms with Gasteiger partial charge in [0.15, 0.2) is 0 Å². The topological polar surface area (TPSA) is 12.0 Å². The molecule has 106 valence electrons. The van der Waals surface area contributed by atoms with Crippen LogP contribution < -0.4 is 5.32 Å². The maximum Gasteiger partial charge on any atom is 0.00985 e. The predicted octanol–water partition coefficient (Wildman–Crippen LogP) is 4.35. The van der Waals surface area contributed by atoms with Crippen molar-refractivity contribution in [1.29, 1.82) is 0 Å². The number of hydrogen-bond acceptors (Lipinski definition) is 1. The number of hydrogen-bond donors (Lipinski definition) is 1. The highest BCUT2D eigenvalue weighted by molar-refractivity contribution is 5.30. The van der Waals surface area contributed by atoms with Crippen LogP contribution in [0.2, 0.25) is 0 Å². The van der Waals surface area contributed by atoms with E-state index in [0.717, 1.165) is 18.5 Å². The molecule has 0 saturated heterocycles. The summed E-state index contributed by atoms with van der Waals surface area (Å²) in [7, 11) is 0. The van der Waals surface area contributed by atoms with Gasteiger partial charge in [0.1, 0.15) is 0 Å². The van der Waals surface area contributed by atoms with Crippen LogP contribution in [0.25, 0.3) is 0 Å². The largest absolute Gasteiger partial charge is 0.314 e. The molecule has 1 N–H and O–H groups in total. The van der Waals surface area contributed by atoms with Crippen molar-refractivity contribution in [2.24, 2.45) is 5.92 Å². The lowest BCUT2D eigenvalue weighted by Crippen LogP contribution is -2.38. The van der Waals surface area contributed by atoms with Crippen LogP contribution in [0.5, 0.6) is 0 Å². The van der Waals surface area contributed by atoms with Gasteiger partial charge in [-0.3, -0.25) is 0 Å². The number of unbranched alkanes of at least 4 members (excludes halogenated alkanes) is 2. The molecule has 0 fully saturated rings. The van der Waals surface area contributed by atoms with Crippen LogP contribution in [0.3, 0.4) is 0 Å². The molecule has 1 aromatic carbocycles. The van der Waals surface area contributed by atoms with E-state index in [0.29, 0.717) is 0 Å². The van der Waals surface area contributed by atoms with Crippen LogP contribution in [-0.4, -0.2) is 12.6 Å². The van der Waals surface area contributed by atoms with Gasteiger partial charge in [-0.25, -0.2) is 0 Å². The number of fused-ring (bicyclic) bond motifs is 1. The summed E-state index contributed by atoms with van der Waals surface area (Å²) in [6.07, 6.45) is 9.36. The predicted molar refractivity (Wildman–Crippen MR) is 83.6 cm³/mol. The maximum atomic E-state index is 3.74. The SMILES string of the molecule is CCCCCC(NCC)C1CCc2ccccc2C1. The van der Waals surface area contributed by atoms with Crippen LogP contribution in [-0.2, 0) is 12.8 Å². The first kappa shape index (κ1) is 14.6. The Labute approximate surface area is 118 Å². The van der Waals surface area contributed by atoms with Crippen molar-refractivity contribution < 1.29 is 0 Å². The molecule has 0 saturated carbocycles. The summed E-state index contributed by atoms with van der Waals surface area (Å²) in [6.45, 7) is 5.64. The molecule has 2 atom stereocenters. The molecule has 1 aliphatic rings. The lowest BCUT2D eigenvalue weighted by molar-refractivity contribution is 0.302. The fourth-order valence-electron chi connectivity index (χ4n) is 3.45. The molecule has 2 unspecified atom stereocenters. The summed E-state index contributed by atoms with van der Waals surface area (Å²) in [5.74, 6) is 0.840. The summed E-state index contributed by atoms with van der Waals surface area (Å²) in [6, 6.07) is 9.74. The average molecular weight is 259 g/mol. The Bertz CT molecular complexity index is 372. The van der Waals surface area contributed by atoms with E-state index in [-0.39, 0.29) is 0 Å². The van der Waals surface area contributed by atoms with Crippen LogP contribution in [0.1, 0.15) is 57.1 Å². The Morgan fingerprint density at radius 3 is 2.68 bits per heavy atom. The molecule has 1 aromatic rings. The van der Waals surface area contributed by atoms with Crippen molar-refractivity contribution in [3.05, 3.63) is 35.4 Å². The fourth-order valence-corrected chi connectivity index (χ4v) is 3.45. The molecular weight excluding hydrogens is 230 g/mol. The van der Waals surface area contributed by atoms with E-state index < -0.39 is 0 Å². The second-order valence-corrected chi connectivity index (χ2v) is 5.93. The third kappa shape index (κ3) is 4.07. The molecule has 0 bridgehead atoms. The quantitative estimate of drug-likeness (QED) is 0.718. The van der Waals surface area contributed by atoms with Crippen LogP contribution in [0.15, 0.2) is 24.3 Å². The van der Waals surface area contributed by atoms with Gasteiger partial charge < -0.3 is 5.32 Å². The maximum absolute atomic E-state index is 3.74. The van der Waals surface area contributed by atoms with E-state index in [1.165, 1.54) is 44.9 Å². The molecule has 0 aromatic heterocycles. The van der Waals surface area contributed by atoms with Gasteiger partial charge in [-0.1, -0.05) is 57.4 Å². The van der Waals surface area contributed by atoms with Crippen molar-refractivity contribution >= 4 is 0 Å². The van der Waals surface area contributed by atoms with Gasteiger partial charge in [-0.05, 0) is 49.3 Å². The molecular formula is C18H29N. The lowest BCUT2D eigenvalue weighted by Gasteiger charge is -2.32. The van der Waals surface area contributed by atoms with Gasteiger partial charge in [0.25, 0.3) is 0 Å². The van der Waals surface area contributed by atoms with E-state index in [1.807, 2.05) is 0 Å². The Hall–Kier alpha value is -0.820. The number of rotatable bonds is 7. The lowest BCUT2D eigenvalue weighted by atomic mass is 9.78. The standard InChI is InChI=1S/C18H29N/c1-3-5-6-11-18(19-4-2)17-13-12-15-9-7-8-10-16(15)14-17/h7-10,17-19H,3-6,11-14H2,1-2H3. The van der Waals surface area contributed by atoms with Crippen molar-refractivity contribution in [3.8, 4) is 0 Å². The summed E-state index contributed by atoms with van der Waals surface area (Å²) in [4.78, 5) is 0. The number of benzene rings is 1. The van der Waals surface area contributed by atoms with Gasteiger partial charge in [-0.2, -0.15) is 0 Å². The van der Waals surface area contributed by atoms with Gasteiger partial charge >= 0.3 is 0 Å². The second kappa shape index (κ2) is 7.69. The zero-order valence-electron chi connectivity index (χ0n) is 12.6. The molecule has 1 heteroatoms. The molecule has 0 heterocycles. The number of nitrogens with one attached hydrogen (secondary N) is 1. The van der Waals surface area contributed by atoms with Gasteiger partial charge in [0.05, 0.1) is 0 Å². The highest BCUT2D eigenvalue weighted by Gasteiger charge is 2.25. The Morgan fingerprint density at radius 2 is 1.95 bits per heavy atom.